The molecule has 0 saturated heterocycles. The number of nitriles is 1. The molecular weight excluding hydrogens is 384 g/mol. The normalized spacial score (nSPS) is 10.9. The second kappa shape index (κ2) is 8.79. The highest BCUT2D eigenvalue weighted by atomic mass is 16.5. The molecule has 0 atom stereocenters. The van der Waals surface area contributed by atoms with Crippen LogP contribution in [-0.2, 0) is 11.8 Å². The molecule has 1 heterocycles. The molecular formula is C21H20N6O3. The maximum Gasteiger partial charge on any atom is 0.295 e. The summed E-state index contributed by atoms with van der Waals surface area (Å²) in [5.41, 5.74) is 3.67. The Balaban J connectivity index is 1.83. The van der Waals surface area contributed by atoms with E-state index in [9.17, 15) is 14.9 Å². The minimum atomic E-state index is -0.787. The number of nitrogens with zero attached hydrogens (tertiary/aromatic N) is 4. The zero-order valence-corrected chi connectivity index (χ0v) is 16.7. The molecule has 2 aromatic carbocycles. The van der Waals surface area contributed by atoms with Gasteiger partial charge in [-0.3, -0.25) is 19.7 Å². The lowest BCUT2D eigenvalue weighted by atomic mass is 10.3. The largest absolute Gasteiger partial charge is 0.497 e. The number of benzene rings is 2. The first kappa shape index (κ1) is 20.4. The van der Waals surface area contributed by atoms with E-state index >= 15 is 0 Å². The van der Waals surface area contributed by atoms with Crippen LogP contribution in [0.1, 0.15) is 5.69 Å². The Morgan fingerprint density at radius 1 is 1.13 bits per heavy atom. The summed E-state index contributed by atoms with van der Waals surface area (Å²) >= 11 is 0. The monoisotopic (exact) mass is 404 g/mol. The fourth-order valence-corrected chi connectivity index (χ4v) is 2.80. The Bertz CT molecular complexity index is 1180. The summed E-state index contributed by atoms with van der Waals surface area (Å²) in [4.78, 5) is 25.4. The van der Waals surface area contributed by atoms with Crippen molar-refractivity contribution in [3.8, 4) is 17.5 Å². The number of nitrogens with one attached hydrogen (secondary N) is 2. The van der Waals surface area contributed by atoms with Gasteiger partial charge in [0.05, 0.1) is 24.2 Å². The van der Waals surface area contributed by atoms with Gasteiger partial charge in [0.2, 0.25) is 5.71 Å². The van der Waals surface area contributed by atoms with Crippen molar-refractivity contribution in [3.63, 3.8) is 0 Å². The first-order valence-corrected chi connectivity index (χ1v) is 8.99. The number of methoxy groups -OCH3 is 1. The number of carbonyl (C=O) groups is 1. The van der Waals surface area contributed by atoms with Gasteiger partial charge in [0, 0.05) is 7.05 Å². The number of ether oxygens (including phenoxy) is 1. The van der Waals surface area contributed by atoms with Gasteiger partial charge in [-0.1, -0.05) is 18.2 Å². The molecule has 0 aliphatic heterocycles. The van der Waals surface area contributed by atoms with Crippen LogP contribution in [0.5, 0.6) is 5.75 Å². The lowest BCUT2D eigenvalue weighted by Gasteiger charge is -2.07. The average Bonchev–Trinajstić information content (AvgIpc) is 2.98. The molecule has 0 radical (unpaired) electrons. The van der Waals surface area contributed by atoms with Gasteiger partial charge >= 0.3 is 0 Å². The number of amides is 1. The van der Waals surface area contributed by atoms with Crippen molar-refractivity contribution in [1.82, 2.24) is 9.36 Å². The molecule has 9 heteroatoms. The van der Waals surface area contributed by atoms with Crippen LogP contribution in [-0.4, -0.2) is 28.1 Å². The second-order valence-electron chi connectivity index (χ2n) is 6.30. The van der Waals surface area contributed by atoms with Crippen molar-refractivity contribution in [1.29, 1.82) is 5.26 Å². The van der Waals surface area contributed by atoms with Gasteiger partial charge in [-0.2, -0.15) is 10.4 Å². The number of hydrogen-bond donors (Lipinski definition) is 2. The molecule has 30 heavy (non-hydrogen) atoms. The molecule has 0 aliphatic carbocycles. The first-order valence-electron chi connectivity index (χ1n) is 8.99. The van der Waals surface area contributed by atoms with Crippen LogP contribution in [0.2, 0.25) is 0 Å². The standard InChI is InChI=1S/C21H20N6O3/c1-14-19(21(29)27(26(14)2)16-7-5-4-6-8-16)23-20(28)18(13-22)25-24-15-9-11-17(30-3)12-10-15/h4-12,24H,1-3H3,(H,23,28)/b25-18+. The first-order chi connectivity index (χ1) is 14.5. The molecule has 152 valence electrons. The second-order valence-corrected chi connectivity index (χ2v) is 6.30. The van der Waals surface area contributed by atoms with Gasteiger partial charge in [-0.15, -0.1) is 0 Å². The predicted molar refractivity (Wildman–Crippen MR) is 114 cm³/mol. The van der Waals surface area contributed by atoms with E-state index in [1.165, 1.54) is 4.68 Å². The van der Waals surface area contributed by atoms with E-state index < -0.39 is 17.2 Å². The summed E-state index contributed by atoms with van der Waals surface area (Å²) in [6.45, 7) is 1.70. The molecule has 2 N–H and O–H groups in total. The van der Waals surface area contributed by atoms with Crippen LogP contribution in [0, 0.1) is 18.3 Å². The van der Waals surface area contributed by atoms with Crippen molar-refractivity contribution in [3.05, 3.63) is 70.6 Å². The van der Waals surface area contributed by atoms with E-state index in [4.69, 9.17) is 4.74 Å². The minimum Gasteiger partial charge on any atom is -0.497 e. The quantitative estimate of drug-likeness (QED) is 0.484. The smallest absolute Gasteiger partial charge is 0.295 e. The van der Waals surface area contributed by atoms with E-state index in [2.05, 4.69) is 15.8 Å². The summed E-state index contributed by atoms with van der Waals surface area (Å²) in [6.07, 6.45) is 0. The van der Waals surface area contributed by atoms with Gasteiger partial charge in [0.25, 0.3) is 11.5 Å². The van der Waals surface area contributed by atoms with Crippen LogP contribution >= 0.6 is 0 Å². The van der Waals surface area contributed by atoms with Gasteiger partial charge in [0.15, 0.2) is 0 Å². The van der Waals surface area contributed by atoms with E-state index in [-0.39, 0.29) is 5.69 Å². The third-order valence-electron chi connectivity index (χ3n) is 4.50. The van der Waals surface area contributed by atoms with Crippen LogP contribution in [0.3, 0.4) is 0 Å². The third kappa shape index (κ3) is 4.07. The molecule has 0 saturated carbocycles. The Kier molecular flexibility index (Phi) is 5.98. The highest BCUT2D eigenvalue weighted by Gasteiger charge is 2.20. The van der Waals surface area contributed by atoms with Crippen LogP contribution < -0.4 is 21.0 Å². The zero-order valence-electron chi connectivity index (χ0n) is 16.7. The van der Waals surface area contributed by atoms with Gasteiger partial charge in [-0.25, -0.2) is 4.68 Å². The van der Waals surface area contributed by atoms with Crippen LogP contribution in [0.15, 0.2) is 64.5 Å². The third-order valence-corrected chi connectivity index (χ3v) is 4.50. The summed E-state index contributed by atoms with van der Waals surface area (Å²) in [6, 6.07) is 17.6. The molecule has 1 amide bonds. The zero-order chi connectivity index (χ0) is 21.7. The van der Waals surface area contributed by atoms with Gasteiger partial charge < -0.3 is 10.1 Å². The Hall–Kier alpha value is -4.32. The number of hydrazone groups is 1. The highest BCUT2D eigenvalue weighted by Crippen LogP contribution is 2.16. The minimum absolute atomic E-state index is 0.0822. The maximum atomic E-state index is 12.9. The van der Waals surface area contributed by atoms with Gasteiger partial charge in [-0.05, 0) is 43.3 Å². The molecule has 0 spiro atoms. The lowest BCUT2D eigenvalue weighted by Crippen LogP contribution is -2.27. The summed E-state index contributed by atoms with van der Waals surface area (Å²) in [5.74, 6) is -0.124. The van der Waals surface area contributed by atoms with Gasteiger partial charge in [0.1, 0.15) is 17.5 Å². The molecule has 3 rings (SSSR count). The van der Waals surface area contributed by atoms with Crippen molar-refractivity contribution >= 4 is 23.0 Å². The molecule has 0 fully saturated rings. The molecule has 9 nitrogen and oxygen atoms in total. The van der Waals surface area contributed by atoms with E-state index in [1.807, 2.05) is 18.2 Å². The fraction of sp³-hybridized carbons (Fsp3) is 0.143. The summed E-state index contributed by atoms with van der Waals surface area (Å²) < 4.78 is 8.14. The predicted octanol–water partition coefficient (Wildman–Crippen LogP) is 2.42. The number of hydrogen-bond acceptors (Lipinski definition) is 6. The molecule has 0 bridgehead atoms. The van der Waals surface area contributed by atoms with Crippen molar-refractivity contribution in [2.75, 3.05) is 17.9 Å². The SMILES string of the molecule is COc1ccc(N/N=C(\C#N)C(=O)Nc2c(C)n(C)n(-c3ccccc3)c2=O)cc1. The Labute approximate surface area is 172 Å². The lowest BCUT2D eigenvalue weighted by molar-refractivity contribution is -0.110. The van der Waals surface area contributed by atoms with Crippen molar-refractivity contribution in [2.24, 2.45) is 12.1 Å². The molecule has 0 aliphatic rings. The average molecular weight is 404 g/mol. The number of carbonyl (C=O) groups excluding carboxylic acids is 1. The van der Waals surface area contributed by atoms with Crippen molar-refractivity contribution in [2.45, 2.75) is 6.92 Å². The van der Waals surface area contributed by atoms with Crippen LogP contribution in [0.25, 0.3) is 5.69 Å². The van der Waals surface area contributed by atoms with E-state index in [1.54, 1.807) is 68.2 Å². The van der Waals surface area contributed by atoms with Crippen LogP contribution in [0.4, 0.5) is 11.4 Å². The fourth-order valence-electron chi connectivity index (χ4n) is 2.80. The Morgan fingerprint density at radius 3 is 2.40 bits per heavy atom. The summed E-state index contributed by atoms with van der Waals surface area (Å²) in [7, 11) is 3.26. The Morgan fingerprint density at radius 2 is 1.80 bits per heavy atom. The number of aromatic nitrogens is 2. The number of rotatable bonds is 6. The number of para-hydroxylation sites is 1. The highest BCUT2D eigenvalue weighted by molar-refractivity contribution is 6.48. The summed E-state index contributed by atoms with van der Waals surface area (Å²) in [5, 5.41) is 15.7. The number of anilines is 2. The maximum absolute atomic E-state index is 12.9. The van der Waals surface area contributed by atoms with E-state index in [0.717, 1.165) is 0 Å². The molecule has 3 aromatic rings. The topological polar surface area (TPSA) is 113 Å². The van der Waals surface area contributed by atoms with Crippen molar-refractivity contribution < 1.29 is 9.53 Å². The molecule has 0 unspecified atom stereocenters. The molecule has 1 aromatic heterocycles. The van der Waals surface area contributed by atoms with E-state index in [0.29, 0.717) is 22.8 Å².